The zero-order valence-electron chi connectivity index (χ0n) is 18.5. The number of aromatic nitrogens is 1. The minimum atomic E-state index is -3.45. The number of pyridine rings is 1. The molecule has 1 aliphatic heterocycles. The number of amides is 1. The van der Waals surface area contributed by atoms with E-state index in [9.17, 15) is 13.2 Å². The van der Waals surface area contributed by atoms with Gasteiger partial charge in [-0.1, -0.05) is 36.4 Å². The second-order valence-corrected chi connectivity index (χ2v) is 10.4. The Morgan fingerprint density at radius 2 is 1.69 bits per heavy atom. The molecule has 1 aliphatic rings. The summed E-state index contributed by atoms with van der Waals surface area (Å²) >= 11 is 0. The van der Waals surface area contributed by atoms with Crippen LogP contribution < -0.4 is 5.32 Å². The third kappa shape index (κ3) is 4.69. The Hall–Kier alpha value is -2.77. The normalized spacial score (nSPS) is 15.7. The predicted molar refractivity (Wildman–Crippen MR) is 126 cm³/mol. The van der Waals surface area contributed by atoms with E-state index in [1.165, 1.54) is 0 Å². The van der Waals surface area contributed by atoms with Crippen LogP contribution >= 0.6 is 0 Å². The van der Waals surface area contributed by atoms with Crippen LogP contribution in [0.5, 0.6) is 0 Å². The van der Waals surface area contributed by atoms with E-state index in [0.717, 1.165) is 40.6 Å². The van der Waals surface area contributed by atoms with Gasteiger partial charge in [-0.05, 0) is 61.9 Å². The van der Waals surface area contributed by atoms with Crippen molar-refractivity contribution < 1.29 is 13.2 Å². The van der Waals surface area contributed by atoms with Gasteiger partial charge >= 0.3 is 0 Å². The lowest BCUT2D eigenvalue weighted by atomic mass is 9.97. The zero-order chi connectivity index (χ0) is 22.7. The van der Waals surface area contributed by atoms with Crippen LogP contribution in [0.1, 0.15) is 29.7 Å². The molecule has 1 saturated heterocycles. The highest BCUT2D eigenvalue weighted by molar-refractivity contribution is 7.89. The third-order valence-electron chi connectivity index (χ3n) is 6.37. The van der Waals surface area contributed by atoms with E-state index >= 15 is 0 Å². The van der Waals surface area contributed by atoms with Crippen molar-refractivity contribution in [2.24, 2.45) is 5.92 Å². The first-order chi connectivity index (χ1) is 15.4. The number of hydrogen-bond acceptors (Lipinski definition) is 4. The van der Waals surface area contributed by atoms with Gasteiger partial charge in [-0.3, -0.25) is 9.78 Å². The van der Waals surface area contributed by atoms with E-state index in [2.05, 4.69) is 10.3 Å². The summed E-state index contributed by atoms with van der Waals surface area (Å²) in [6, 6.07) is 16.5. The number of fused-ring (bicyclic) bond motifs is 1. The maximum absolute atomic E-state index is 12.8. The molecule has 0 unspecified atom stereocenters. The molecule has 3 aromatic rings. The average molecular weight is 452 g/mol. The molecule has 0 spiro atoms. The minimum Gasteiger partial charge on any atom is -0.356 e. The number of aryl methyl sites for hydroxylation is 2. The molecule has 6 nitrogen and oxygen atoms in total. The predicted octanol–water partition coefficient (Wildman–Crippen LogP) is 3.61. The Labute approximate surface area is 189 Å². The molecule has 1 aromatic heterocycles. The van der Waals surface area contributed by atoms with E-state index < -0.39 is 10.0 Å². The highest BCUT2D eigenvalue weighted by atomic mass is 32.2. The van der Waals surface area contributed by atoms with E-state index in [0.29, 0.717) is 31.0 Å². The molecule has 2 aromatic carbocycles. The second kappa shape index (κ2) is 9.38. The molecular formula is C25H29N3O3S. The Kier molecular flexibility index (Phi) is 6.58. The maximum Gasteiger partial charge on any atom is 0.243 e. The van der Waals surface area contributed by atoms with Gasteiger partial charge in [-0.2, -0.15) is 4.31 Å². The summed E-state index contributed by atoms with van der Waals surface area (Å²) in [5.41, 5.74) is 3.91. The highest BCUT2D eigenvalue weighted by Crippen LogP contribution is 2.24. The van der Waals surface area contributed by atoms with Gasteiger partial charge in [0.25, 0.3) is 0 Å². The van der Waals surface area contributed by atoms with Gasteiger partial charge in [0.15, 0.2) is 0 Å². The first kappa shape index (κ1) is 22.4. The summed E-state index contributed by atoms with van der Waals surface area (Å²) in [4.78, 5) is 17.6. The highest BCUT2D eigenvalue weighted by Gasteiger charge is 2.29. The maximum atomic E-state index is 12.8. The van der Waals surface area contributed by atoms with Crippen molar-refractivity contribution in [3.63, 3.8) is 0 Å². The van der Waals surface area contributed by atoms with Crippen LogP contribution in [-0.4, -0.2) is 43.2 Å². The Balaban J connectivity index is 1.32. The average Bonchev–Trinajstić information content (AvgIpc) is 2.81. The fourth-order valence-electron chi connectivity index (χ4n) is 4.41. The summed E-state index contributed by atoms with van der Waals surface area (Å²) in [5.74, 6) is 0.255. The first-order valence-corrected chi connectivity index (χ1v) is 12.5. The number of para-hydroxylation sites is 1. The smallest absolute Gasteiger partial charge is 0.243 e. The topological polar surface area (TPSA) is 79.4 Å². The largest absolute Gasteiger partial charge is 0.356 e. The minimum absolute atomic E-state index is 0.0207. The molecule has 1 amide bonds. The van der Waals surface area contributed by atoms with Crippen LogP contribution in [0, 0.1) is 19.8 Å². The summed E-state index contributed by atoms with van der Waals surface area (Å²) < 4.78 is 27.1. The summed E-state index contributed by atoms with van der Waals surface area (Å²) in [7, 11) is -3.45. The lowest BCUT2D eigenvalue weighted by molar-refractivity contribution is -0.120. The van der Waals surface area contributed by atoms with Crippen molar-refractivity contribution in [2.75, 3.05) is 19.6 Å². The van der Waals surface area contributed by atoms with Gasteiger partial charge in [0.05, 0.1) is 16.8 Å². The number of benzene rings is 2. The van der Waals surface area contributed by atoms with Crippen LogP contribution in [0.2, 0.25) is 0 Å². The number of rotatable bonds is 6. The number of hydrogen-bond donors (Lipinski definition) is 1. The molecule has 1 fully saturated rings. The SMILES string of the molecule is Cc1nc2ccccc2c(C)c1CC(=O)NCC1CCN(S(=O)(=O)c2ccccc2)CC1. The van der Waals surface area contributed by atoms with Crippen molar-refractivity contribution >= 4 is 26.8 Å². The standard InChI is InChI=1S/C25H29N3O3S/c1-18-22-10-6-7-11-24(22)27-19(2)23(18)16-25(29)26-17-20-12-14-28(15-13-20)32(30,31)21-8-4-3-5-9-21/h3-11,20H,12-17H2,1-2H3,(H,26,29). The van der Waals surface area contributed by atoms with Crippen LogP contribution in [0.25, 0.3) is 10.9 Å². The Morgan fingerprint density at radius 1 is 1.03 bits per heavy atom. The molecule has 32 heavy (non-hydrogen) atoms. The number of piperidine rings is 1. The quantitative estimate of drug-likeness (QED) is 0.621. The molecule has 7 heteroatoms. The van der Waals surface area contributed by atoms with E-state index in [1.807, 2.05) is 44.2 Å². The molecule has 0 radical (unpaired) electrons. The lowest BCUT2D eigenvalue weighted by Crippen LogP contribution is -2.41. The zero-order valence-corrected chi connectivity index (χ0v) is 19.4. The van der Waals surface area contributed by atoms with Gasteiger partial charge in [-0.15, -0.1) is 0 Å². The molecule has 168 valence electrons. The van der Waals surface area contributed by atoms with E-state index in [1.54, 1.807) is 28.6 Å². The van der Waals surface area contributed by atoms with Gasteiger partial charge in [0.2, 0.25) is 15.9 Å². The number of sulfonamides is 1. The second-order valence-electron chi connectivity index (χ2n) is 8.46. The van der Waals surface area contributed by atoms with E-state index in [4.69, 9.17) is 0 Å². The van der Waals surface area contributed by atoms with Gasteiger partial charge in [-0.25, -0.2) is 8.42 Å². The number of carbonyl (C=O) groups excluding carboxylic acids is 1. The summed E-state index contributed by atoms with van der Waals surface area (Å²) in [6.45, 7) is 5.51. The third-order valence-corrected chi connectivity index (χ3v) is 8.28. The lowest BCUT2D eigenvalue weighted by Gasteiger charge is -2.31. The van der Waals surface area contributed by atoms with Crippen molar-refractivity contribution in [3.05, 3.63) is 71.4 Å². The number of nitrogens with zero attached hydrogens (tertiary/aromatic N) is 2. The molecule has 0 aliphatic carbocycles. The van der Waals surface area contributed by atoms with Crippen molar-refractivity contribution in [3.8, 4) is 0 Å². The molecule has 0 atom stereocenters. The fourth-order valence-corrected chi connectivity index (χ4v) is 5.90. The summed E-state index contributed by atoms with van der Waals surface area (Å²) in [5, 5.41) is 4.13. The first-order valence-electron chi connectivity index (χ1n) is 11.0. The van der Waals surface area contributed by atoms with Crippen LogP contribution in [-0.2, 0) is 21.2 Å². The fraction of sp³-hybridized carbons (Fsp3) is 0.360. The molecule has 0 bridgehead atoms. The molecule has 0 saturated carbocycles. The Bertz CT molecular complexity index is 1220. The van der Waals surface area contributed by atoms with Crippen LogP contribution in [0.4, 0.5) is 0 Å². The van der Waals surface area contributed by atoms with Crippen molar-refractivity contribution in [1.82, 2.24) is 14.6 Å². The molecule has 4 rings (SSSR count). The molecule has 1 N–H and O–H groups in total. The van der Waals surface area contributed by atoms with Crippen molar-refractivity contribution in [1.29, 1.82) is 0 Å². The monoisotopic (exact) mass is 451 g/mol. The van der Waals surface area contributed by atoms with Crippen LogP contribution in [0.3, 0.4) is 0 Å². The van der Waals surface area contributed by atoms with Crippen molar-refractivity contribution in [2.45, 2.75) is 38.0 Å². The number of nitrogens with one attached hydrogen (secondary N) is 1. The van der Waals surface area contributed by atoms with Crippen LogP contribution in [0.15, 0.2) is 59.5 Å². The molecule has 2 heterocycles. The van der Waals surface area contributed by atoms with Gasteiger partial charge < -0.3 is 5.32 Å². The summed E-state index contributed by atoms with van der Waals surface area (Å²) in [6.07, 6.45) is 1.78. The number of carbonyl (C=O) groups is 1. The van der Waals surface area contributed by atoms with Gasteiger partial charge in [0.1, 0.15) is 0 Å². The van der Waals surface area contributed by atoms with E-state index in [-0.39, 0.29) is 11.8 Å². The Morgan fingerprint density at radius 3 is 2.41 bits per heavy atom. The van der Waals surface area contributed by atoms with Gasteiger partial charge in [0, 0.05) is 30.7 Å². The molecular weight excluding hydrogens is 422 g/mol.